The van der Waals surface area contributed by atoms with Gasteiger partial charge in [-0.1, -0.05) is 49.6 Å². The molecule has 1 fully saturated rings. The highest BCUT2D eigenvalue weighted by Gasteiger charge is 2.26. The van der Waals surface area contributed by atoms with Gasteiger partial charge in [-0.05, 0) is 31.7 Å². The monoisotopic (exact) mass is 436 g/mol. The zero-order valence-corrected chi connectivity index (χ0v) is 18.1. The quantitative estimate of drug-likeness (QED) is 0.672. The maximum absolute atomic E-state index is 12.4. The molecule has 1 aliphatic carbocycles. The lowest BCUT2D eigenvalue weighted by molar-refractivity contribution is -0.154. The van der Waals surface area contributed by atoms with E-state index in [1.807, 2.05) is 24.3 Å². The SMILES string of the molecule is CC(OC(=O)CNC(=O)c1sc2ccccc2c1Cl)C(=O)NC1CCCCC1C. The predicted molar refractivity (Wildman–Crippen MR) is 114 cm³/mol. The molecule has 8 heteroatoms. The summed E-state index contributed by atoms with van der Waals surface area (Å²) in [6, 6.07) is 7.55. The summed E-state index contributed by atoms with van der Waals surface area (Å²) in [6.45, 7) is 3.32. The van der Waals surface area contributed by atoms with E-state index in [4.69, 9.17) is 16.3 Å². The molecule has 1 heterocycles. The van der Waals surface area contributed by atoms with Gasteiger partial charge in [0, 0.05) is 16.1 Å². The fourth-order valence-electron chi connectivity index (χ4n) is 3.52. The van der Waals surface area contributed by atoms with Crippen LogP contribution in [0.4, 0.5) is 0 Å². The van der Waals surface area contributed by atoms with Crippen molar-refractivity contribution in [2.24, 2.45) is 5.92 Å². The van der Waals surface area contributed by atoms with Crippen LogP contribution in [-0.2, 0) is 14.3 Å². The number of carbonyl (C=O) groups excluding carboxylic acids is 3. The molecule has 1 aliphatic rings. The van der Waals surface area contributed by atoms with E-state index in [0.29, 0.717) is 15.8 Å². The van der Waals surface area contributed by atoms with Gasteiger partial charge >= 0.3 is 5.97 Å². The molecule has 156 valence electrons. The summed E-state index contributed by atoms with van der Waals surface area (Å²) in [5.74, 6) is -1.01. The first-order chi connectivity index (χ1) is 13.9. The molecule has 0 spiro atoms. The molecule has 3 atom stereocenters. The van der Waals surface area contributed by atoms with Crippen LogP contribution in [0.3, 0.4) is 0 Å². The van der Waals surface area contributed by atoms with Crippen molar-refractivity contribution >= 4 is 50.8 Å². The Morgan fingerprint density at radius 3 is 2.69 bits per heavy atom. The minimum atomic E-state index is -0.915. The highest BCUT2D eigenvalue weighted by atomic mass is 35.5. The van der Waals surface area contributed by atoms with Gasteiger partial charge in [-0.25, -0.2) is 0 Å². The Hall–Kier alpha value is -2.12. The Balaban J connectivity index is 1.49. The molecule has 1 aromatic heterocycles. The number of ether oxygens (including phenoxy) is 1. The zero-order valence-electron chi connectivity index (χ0n) is 16.5. The average Bonchev–Trinajstić information content (AvgIpc) is 3.05. The summed E-state index contributed by atoms with van der Waals surface area (Å²) >= 11 is 7.54. The third kappa shape index (κ3) is 5.28. The van der Waals surface area contributed by atoms with Crippen LogP contribution in [0.1, 0.15) is 49.2 Å². The molecule has 2 N–H and O–H groups in total. The predicted octanol–water partition coefficient (Wildman–Crippen LogP) is 3.91. The maximum atomic E-state index is 12.4. The van der Waals surface area contributed by atoms with Crippen LogP contribution >= 0.6 is 22.9 Å². The molecule has 1 saturated carbocycles. The Morgan fingerprint density at radius 2 is 1.97 bits per heavy atom. The van der Waals surface area contributed by atoms with E-state index in [-0.39, 0.29) is 18.5 Å². The van der Waals surface area contributed by atoms with Crippen molar-refractivity contribution in [1.29, 1.82) is 0 Å². The molecule has 3 unspecified atom stereocenters. The summed E-state index contributed by atoms with van der Waals surface area (Å²) in [7, 11) is 0. The smallest absolute Gasteiger partial charge is 0.326 e. The van der Waals surface area contributed by atoms with Crippen LogP contribution < -0.4 is 10.6 Å². The van der Waals surface area contributed by atoms with Gasteiger partial charge in [0.1, 0.15) is 11.4 Å². The highest BCUT2D eigenvalue weighted by Crippen LogP contribution is 2.34. The number of hydrogen-bond acceptors (Lipinski definition) is 5. The number of hydrogen-bond donors (Lipinski definition) is 2. The first-order valence-electron chi connectivity index (χ1n) is 9.82. The second kappa shape index (κ2) is 9.59. The summed E-state index contributed by atoms with van der Waals surface area (Å²) in [5.41, 5.74) is 0. The van der Waals surface area contributed by atoms with Crippen LogP contribution in [-0.4, -0.2) is 36.5 Å². The van der Waals surface area contributed by atoms with Crippen LogP contribution in [0.2, 0.25) is 5.02 Å². The van der Waals surface area contributed by atoms with Gasteiger partial charge < -0.3 is 15.4 Å². The molecule has 0 radical (unpaired) electrons. The van der Waals surface area contributed by atoms with E-state index in [0.717, 1.165) is 29.3 Å². The topological polar surface area (TPSA) is 84.5 Å². The molecule has 6 nitrogen and oxygen atoms in total. The average molecular weight is 437 g/mol. The lowest BCUT2D eigenvalue weighted by Gasteiger charge is -2.30. The molecule has 1 aromatic carbocycles. The van der Waals surface area contributed by atoms with Gasteiger partial charge in [0.25, 0.3) is 11.8 Å². The van der Waals surface area contributed by atoms with Crippen molar-refractivity contribution in [3.8, 4) is 0 Å². The van der Waals surface area contributed by atoms with Crippen molar-refractivity contribution in [3.05, 3.63) is 34.2 Å². The Labute approximate surface area is 178 Å². The minimum Gasteiger partial charge on any atom is -0.451 e. The van der Waals surface area contributed by atoms with Gasteiger partial charge in [0.15, 0.2) is 6.10 Å². The van der Waals surface area contributed by atoms with Crippen molar-refractivity contribution in [2.75, 3.05) is 6.54 Å². The van der Waals surface area contributed by atoms with Gasteiger partial charge in [-0.2, -0.15) is 0 Å². The third-order valence-corrected chi connectivity index (χ3v) is 6.93. The standard InChI is InChI=1S/C21H25ClN2O4S/c1-12-7-3-5-9-15(12)24-20(26)13(2)28-17(25)11-23-21(27)19-18(22)14-8-4-6-10-16(14)29-19/h4,6,8,10,12-13,15H,3,5,7,9,11H2,1-2H3,(H,23,27)(H,24,26). The lowest BCUT2D eigenvalue weighted by atomic mass is 9.86. The van der Waals surface area contributed by atoms with Gasteiger partial charge in [0.05, 0.1) is 5.02 Å². The molecular weight excluding hydrogens is 412 g/mol. The first-order valence-corrected chi connectivity index (χ1v) is 11.0. The number of nitrogens with one attached hydrogen (secondary N) is 2. The molecule has 0 saturated heterocycles. The lowest BCUT2D eigenvalue weighted by Crippen LogP contribution is -2.46. The summed E-state index contributed by atoms with van der Waals surface area (Å²) in [5, 5.41) is 6.65. The van der Waals surface area contributed by atoms with Crippen molar-refractivity contribution < 1.29 is 19.1 Å². The van der Waals surface area contributed by atoms with Crippen molar-refractivity contribution in [1.82, 2.24) is 10.6 Å². The highest BCUT2D eigenvalue weighted by molar-refractivity contribution is 7.21. The fraction of sp³-hybridized carbons (Fsp3) is 0.476. The maximum Gasteiger partial charge on any atom is 0.326 e. The Morgan fingerprint density at radius 1 is 1.24 bits per heavy atom. The van der Waals surface area contributed by atoms with Gasteiger partial charge in [0.2, 0.25) is 0 Å². The van der Waals surface area contributed by atoms with Gasteiger partial charge in [-0.3, -0.25) is 14.4 Å². The summed E-state index contributed by atoms with van der Waals surface area (Å²) in [4.78, 5) is 37.1. The van der Waals surface area contributed by atoms with Crippen LogP contribution in [0, 0.1) is 5.92 Å². The molecular formula is C21H25ClN2O4S. The van der Waals surface area contributed by atoms with E-state index in [1.54, 1.807) is 0 Å². The van der Waals surface area contributed by atoms with Crippen molar-refractivity contribution in [2.45, 2.75) is 51.7 Å². The normalized spacial score (nSPS) is 20.1. The zero-order chi connectivity index (χ0) is 21.0. The number of thiophene rings is 1. The number of benzene rings is 1. The molecule has 3 rings (SSSR count). The number of halogens is 1. The number of esters is 1. The van der Waals surface area contributed by atoms with Gasteiger partial charge in [-0.15, -0.1) is 11.3 Å². The Kier molecular flexibility index (Phi) is 7.14. The number of fused-ring (bicyclic) bond motifs is 1. The van der Waals surface area contributed by atoms with Crippen LogP contribution in [0.15, 0.2) is 24.3 Å². The largest absolute Gasteiger partial charge is 0.451 e. The number of rotatable bonds is 6. The Bertz CT molecular complexity index is 913. The fourth-order valence-corrected chi connectivity index (χ4v) is 4.95. The first kappa shape index (κ1) is 21.6. The van der Waals surface area contributed by atoms with E-state index in [1.165, 1.54) is 24.7 Å². The minimum absolute atomic E-state index is 0.118. The molecule has 2 aromatic rings. The molecule has 0 bridgehead atoms. The summed E-state index contributed by atoms with van der Waals surface area (Å²) < 4.78 is 6.06. The molecule has 29 heavy (non-hydrogen) atoms. The van der Waals surface area contributed by atoms with Crippen LogP contribution in [0.25, 0.3) is 10.1 Å². The van der Waals surface area contributed by atoms with E-state index in [2.05, 4.69) is 17.6 Å². The number of carbonyl (C=O) groups is 3. The second-order valence-electron chi connectivity index (χ2n) is 7.43. The van der Waals surface area contributed by atoms with E-state index in [9.17, 15) is 14.4 Å². The summed E-state index contributed by atoms with van der Waals surface area (Å²) in [6.07, 6.45) is 3.39. The van der Waals surface area contributed by atoms with E-state index >= 15 is 0 Å². The third-order valence-electron chi connectivity index (χ3n) is 5.25. The van der Waals surface area contributed by atoms with Crippen molar-refractivity contribution in [3.63, 3.8) is 0 Å². The van der Waals surface area contributed by atoms with Crippen LogP contribution in [0.5, 0.6) is 0 Å². The van der Waals surface area contributed by atoms with E-state index < -0.39 is 18.0 Å². The second-order valence-corrected chi connectivity index (χ2v) is 8.86. The number of amides is 2. The molecule has 0 aliphatic heterocycles. The molecule has 2 amide bonds.